The van der Waals surface area contributed by atoms with E-state index in [1.807, 2.05) is 29.2 Å². The van der Waals surface area contributed by atoms with Gasteiger partial charge >= 0.3 is 0 Å². The van der Waals surface area contributed by atoms with Gasteiger partial charge in [-0.2, -0.15) is 0 Å². The summed E-state index contributed by atoms with van der Waals surface area (Å²) in [4.78, 5) is 19.6. The fourth-order valence-electron chi connectivity index (χ4n) is 3.94. The van der Waals surface area contributed by atoms with Crippen LogP contribution in [0.2, 0.25) is 0 Å². The number of nitrogens with zero attached hydrogens (tertiary/aromatic N) is 3. The predicted molar refractivity (Wildman–Crippen MR) is 105 cm³/mol. The summed E-state index contributed by atoms with van der Waals surface area (Å²) in [5.74, 6) is 1.89. The molecule has 0 spiro atoms. The first-order chi connectivity index (χ1) is 12.5. The second-order valence-electron chi connectivity index (χ2n) is 7.66. The van der Waals surface area contributed by atoms with Crippen molar-refractivity contribution in [3.8, 4) is 0 Å². The molecule has 1 aromatic heterocycles. The van der Waals surface area contributed by atoms with E-state index >= 15 is 0 Å². The Balaban J connectivity index is 1.72. The second kappa shape index (κ2) is 6.60. The quantitative estimate of drug-likeness (QED) is 0.696. The van der Waals surface area contributed by atoms with E-state index in [9.17, 15) is 4.79 Å². The van der Waals surface area contributed by atoms with Gasteiger partial charge in [-0.3, -0.25) is 4.79 Å². The maximum Gasteiger partial charge on any atom is 0.227 e. The minimum atomic E-state index is 0.133. The van der Waals surface area contributed by atoms with Crippen LogP contribution in [0, 0.1) is 12.8 Å². The van der Waals surface area contributed by atoms with Gasteiger partial charge in [0.15, 0.2) is 0 Å². The lowest BCUT2D eigenvalue weighted by Gasteiger charge is -2.19. The van der Waals surface area contributed by atoms with Gasteiger partial charge in [-0.25, -0.2) is 4.98 Å². The first-order valence-corrected chi connectivity index (χ1v) is 9.35. The number of aromatic nitrogens is 2. The number of hydrogen-bond acceptors (Lipinski definition) is 2. The molecule has 2 heterocycles. The van der Waals surface area contributed by atoms with Crippen LogP contribution in [-0.2, 0) is 11.3 Å². The van der Waals surface area contributed by atoms with E-state index in [0.29, 0.717) is 18.9 Å². The van der Waals surface area contributed by atoms with Gasteiger partial charge < -0.3 is 9.47 Å². The van der Waals surface area contributed by atoms with Gasteiger partial charge in [-0.15, -0.1) is 0 Å². The summed E-state index contributed by atoms with van der Waals surface area (Å²) in [5, 5.41) is 0. The molecule has 1 amide bonds. The largest absolute Gasteiger partial charge is 0.327 e. The molecular weight excluding hydrogens is 322 g/mol. The average molecular weight is 347 g/mol. The third-order valence-electron chi connectivity index (χ3n) is 5.13. The van der Waals surface area contributed by atoms with E-state index in [1.165, 1.54) is 0 Å². The first-order valence-electron chi connectivity index (χ1n) is 9.35. The minimum absolute atomic E-state index is 0.133. The standard InChI is InChI=1S/C22H25N3O/c1-15(2)13-25-20-11-7-5-9-18(20)23-22(25)17-12-21(26)24(14-17)19-10-6-4-8-16(19)3/h4-11,15,17H,12-14H2,1-3H3/t17-/m1/s1. The number of aryl methyl sites for hydroxylation is 1. The zero-order valence-corrected chi connectivity index (χ0v) is 15.6. The molecule has 1 fully saturated rings. The summed E-state index contributed by atoms with van der Waals surface area (Å²) >= 11 is 0. The van der Waals surface area contributed by atoms with Gasteiger partial charge in [0.1, 0.15) is 5.82 Å². The molecule has 4 rings (SSSR count). The normalized spacial score (nSPS) is 17.6. The van der Waals surface area contributed by atoms with Gasteiger partial charge in [-0.05, 0) is 36.6 Å². The average Bonchev–Trinajstić information content (AvgIpc) is 3.16. The molecule has 26 heavy (non-hydrogen) atoms. The van der Waals surface area contributed by atoms with E-state index < -0.39 is 0 Å². The highest BCUT2D eigenvalue weighted by molar-refractivity contribution is 5.97. The van der Waals surface area contributed by atoms with Crippen LogP contribution in [0.1, 0.15) is 37.6 Å². The number of fused-ring (bicyclic) bond motifs is 1. The third-order valence-corrected chi connectivity index (χ3v) is 5.13. The summed E-state index contributed by atoms with van der Waals surface area (Å²) in [7, 11) is 0. The Kier molecular flexibility index (Phi) is 4.27. The van der Waals surface area contributed by atoms with Crippen LogP contribution < -0.4 is 4.90 Å². The number of rotatable bonds is 4. The number of imidazole rings is 1. The molecule has 4 nitrogen and oxygen atoms in total. The molecule has 2 aromatic carbocycles. The molecule has 134 valence electrons. The smallest absolute Gasteiger partial charge is 0.227 e. The molecule has 1 aliphatic rings. The zero-order valence-electron chi connectivity index (χ0n) is 15.6. The highest BCUT2D eigenvalue weighted by atomic mass is 16.2. The maximum atomic E-state index is 12.7. The van der Waals surface area contributed by atoms with Crippen LogP contribution in [-0.4, -0.2) is 22.0 Å². The van der Waals surface area contributed by atoms with Gasteiger partial charge in [0, 0.05) is 31.1 Å². The lowest BCUT2D eigenvalue weighted by molar-refractivity contribution is -0.117. The molecule has 0 bridgehead atoms. The van der Waals surface area contributed by atoms with Crippen molar-refractivity contribution in [1.29, 1.82) is 0 Å². The van der Waals surface area contributed by atoms with Gasteiger partial charge in [-0.1, -0.05) is 44.2 Å². The van der Waals surface area contributed by atoms with Crippen molar-refractivity contribution in [2.45, 2.75) is 39.7 Å². The Morgan fingerprint density at radius 3 is 2.62 bits per heavy atom. The van der Waals surface area contributed by atoms with E-state index in [-0.39, 0.29) is 11.8 Å². The molecule has 1 saturated heterocycles. The Bertz CT molecular complexity index is 957. The highest BCUT2D eigenvalue weighted by Gasteiger charge is 2.35. The monoisotopic (exact) mass is 347 g/mol. The van der Waals surface area contributed by atoms with Crippen molar-refractivity contribution in [3.63, 3.8) is 0 Å². The number of para-hydroxylation sites is 3. The predicted octanol–water partition coefficient (Wildman–Crippen LogP) is 4.52. The van der Waals surface area contributed by atoms with Gasteiger partial charge in [0.05, 0.1) is 11.0 Å². The van der Waals surface area contributed by atoms with Crippen LogP contribution >= 0.6 is 0 Å². The minimum Gasteiger partial charge on any atom is -0.327 e. The van der Waals surface area contributed by atoms with Crippen molar-refractivity contribution >= 4 is 22.6 Å². The van der Waals surface area contributed by atoms with Crippen molar-refractivity contribution in [2.24, 2.45) is 5.92 Å². The summed E-state index contributed by atoms with van der Waals surface area (Å²) < 4.78 is 2.32. The van der Waals surface area contributed by atoms with Gasteiger partial charge in [0.25, 0.3) is 0 Å². The van der Waals surface area contributed by atoms with Crippen LogP contribution in [0.5, 0.6) is 0 Å². The van der Waals surface area contributed by atoms with E-state index in [1.54, 1.807) is 0 Å². The van der Waals surface area contributed by atoms with Crippen molar-refractivity contribution in [2.75, 3.05) is 11.4 Å². The van der Waals surface area contributed by atoms with Crippen LogP contribution in [0.3, 0.4) is 0 Å². The molecule has 0 radical (unpaired) electrons. The van der Waals surface area contributed by atoms with Crippen LogP contribution in [0.4, 0.5) is 5.69 Å². The summed E-state index contributed by atoms with van der Waals surface area (Å²) in [6.07, 6.45) is 0.524. The Morgan fingerprint density at radius 1 is 1.12 bits per heavy atom. The molecule has 1 aliphatic heterocycles. The number of anilines is 1. The lowest BCUT2D eigenvalue weighted by atomic mass is 10.1. The summed E-state index contributed by atoms with van der Waals surface area (Å²) in [6, 6.07) is 16.4. The van der Waals surface area contributed by atoms with E-state index in [0.717, 1.165) is 34.7 Å². The molecular formula is C22H25N3O. The Morgan fingerprint density at radius 2 is 1.85 bits per heavy atom. The Labute approximate surface area is 154 Å². The number of carbonyl (C=O) groups excluding carboxylic acids is 1. The molecule has 0 unspecified atom stereocenters. The van der Waals surface area contributed by atoms with E-state index in [2.05, 4.69) is 49.6 Å². The summed E-state index contributed by atoms with van der Waals surface area (Å²) in [5.41, 5.74) is 4.34. The third kappa shape index (κ3) is 2.90. The lowest BCUT2D eigenvalue weighted by Crippen LogP contribution is -2.25. The number of hydrogen-bond donors (Lipinski definition) is 0. The maximum absolute atomic E-state index is 12.7. The van der Waals surface area contributed by atoms with Crippen LogP contribution in [0.15, 0.2) is 48.5 Å². The highest BCUT2D eigenvalue weighted by Crippen LogP contribution is 2.34. The Hall–Kier alpha value is -2.62. The molecule has 4 heteroatoms. The first kappa shape index (κ1) is 16.8. The van der Waals surface area contributed by atoms with Crippen LogP contribution in [0.25, 0.3) is 11.0 Å². The number of carbonyl (C=O) groups is 1. The van der Waals surface area contributed by atoms with Crippen molar-refractivity contribution in [3.05, 3.63) is 59.9 Å². The number of benzene rings is 2. The van der Waals surface area contributed by atoms with Gasteiger partial charge in [0.2, 0.25) is 5.91 Å². The fraction of sp³-hybridized carbons (Fsp3) is 0.364. The topological polar surface area (TPSA) is 38.1 Å². The van der Waals surface area contributed by atoms with Crippen molar-refractivity contribution < 1.29 is 4.79 Å². The summed E-state index contributed by atoms with van der Waals surface area (Å²) in [6.45, 7) is 8.12. The molecule has 0 N–H and O–H groups in total. The SMILES string of the molecule is Cc1ccccc1N1C[C@H](c2nc3ccccc3n2CC(C)C)CC1=O. The molecule has 3 aromatic rings. The number of amides is 1. The molecule has 0 saturated carbocycles. The molecule has 1 atom stereocenters. The van der Waals surface area contributed by atoms with E-state index in [4.69, 9.17) is 4.98 Å². The zero-order chi connectivity index (χ0) is 18.3. The van der Waals surface area contributed by atoms with Crippen molar-refractivity contribution in [1.82, 2.24) is 9.55 Å². The molecule has 0 aliphatic carbocycles. The second-order valence-corrected chi connectivity index (χ2v) is 7.66. The fourth-order valence-corrected chi connectivity index (χ4v) is 3.94.